The Bertz CT molecular complexity index is 613. The second-order valence-electron chi connectivity index (χ2n) is 4.91. The van der Waals surface area contributed by atoms with Gasteiger partial charge in [0.25, 0.3) is 5.89 Å². The Morgan fingerprint density at radius 2 is 2.00 bits per heavy atom. The lowest BCUT2D eigenvalue weighted by atomic mass is 9.99. The van der Waals surface area contributed by atoms with Gasteiger partial charge in [-0.05, 0) is 31.0 Å². The molecule has 1 aliphatic carbocycles. The summed E-state index contributed by atoms with van der Waals surface area (Å²) < 4.78 is 19.6. The third kappa shape index (κ3) is 2.73. The fourth-order valence-corrected chi connectivity index (χ4v) is 2.76. The van der Waals surface area contributed by atoms with Crippen LogP contribution in [0.25, 0.3) is 11.5 Å². The van der Waals surface area contributed by atoms with E-state index in [9.17, 15) is 4.39 Å². The number of nitrogens with two attached hydrogens (primary N) is 1. The van der Waals surface area contributed by atoms with Crippen molar-refractivity contribution in [1.29, 1.82) is 0 Å². The van der Waals surface area contributed by atoms with Crippen LogP contribution in [0, 0.1) is 5.82 Å². The summed E-state index contributed by atoms with van der Waals surface area (Å²) in [7, 11) is 0. The van der Waals surface area contributed by atoms with Gasteiger partial charge in [-0.15, -0.1) is 12.4 Å². The van der Waals surface area contributed by atoms with E-state index in [0.29, 0.717) is 15.9 Å². The maximum Gasteiger partial charge on any atom is 0.260 e. The van der Waals surface area contributed by atoms with Crippen molar-refractivity contribution in [2.45, 2.75) is 31.2 Å². The van der Waals surface area contributed by atoms with Crippen molar-refractivity contribution in [3.05, 3.63) is 34.3 Å². The predicted octanol–water partition coefficient (Wildman–Crippen LogP) is 3.79. The Balaban J connectivity index is 0.00000147. The molecule has 1 heterocycles. The standard InChI is InChI=1S/C13H13BrFN3O.ClH/c14-8-3-4-9(10(15)7-8)11-17-12(18-19-11)13(16)5-1-2-6-13;/h3-4,7H,1-2,5-6,16H2;1H. The highest BCUT2D eigenvalue weighted by atomic mass is 79.9. The second-order valence-corrected chi connectivity index (χ2v) is 5.83. The molecule has 0 saturated heterocycles. The number of hydrogen-bond donors (Lipinski definition) is 1. The molecule has 0 spiro atoms. The molecule has 0 bridgehead atoms. The second kappa shape index (κ2) is 5.79. The molecule has 0 amide bonds. The van der Waals surface area contributed by atoms with Crippen LogP contribution in [0.3, 0.4) is 0 Å². The van der Waals surface area contributed by atoms with Gasteiger partial charge in [0.05, 0.1) is 11.1 Å². The van der Waals surface area contributed by atoms with E-state index in [0.717, 1.165) is 25.7 Å². The SMILES string of the molecule is Cl.NC1(c2noc(-c3ccc(Br)cc3F)n2)CCCC1. The smallest absolute Gasteiger partial charge is 0.260 e. The third-order valence-corrected chi connectivity index (χ3v) is 4.02. The van der Waals surface area contributed by atoms with Gasteiger partial charge < -0.3 is 10.3 Å². The first-order valence-corrected chi connectivity index (χ1v) is 6.96. The Morgan fingerprint density at radius 1 is 1.30 bits per heavy atom. The van der Waals surface area contributed by atoms with Crippen LogP contribution in [0.1, 0.15) is 31.5 Å². The van der Waals surface area contributed by atoms with Gasteiger partial charge in [0, 0.05) is 4.47 Å². The van der Waals surface area contributed by atoms with Crippen LogP contribution < -0.4 is 5.73 Å². The van der Waals surface area contributed by atoms with Crippen LogP contribution in [0.4, 0.5) is 4.39 Å². The van der Waals surface area contributed by atoms with Crippen LogP contribution in [-0.2, 0) is 5.54 Å². The molecule has 7 heteroatoms. The van der Waals surface area contributed by atoms with Gasteiger partial charge in [-0.25, -0.2) is 4.39 Å². The normalized spacial score (nSPS) is 16.9. The van der Waals surface area contributed by atoms with Crippen molar-refractivity contribution in [3.63, 3.8) is 0 Å². The maximum atomic E-state index is 13.8. The lowest BCUT2D eigenvalue weighted by Gasteiger charge is -2.17. The minimum Gasteiger partial charge on any atom is -0.334 e. The van der Waals surface area contributed by atoms with E-state index in [2.05, 4.69) is 26.1 Å². The Labute approximate surface area is 130 Å². The average Bonchev–Trinajstić information content (AvgIpc) is 2.99. The van der Waals surface area contributed by atoms with Gasteiger partial charge in [-0.2, -0.15) is 4.98 Å². The first kappa shape index (κ1) is 15.4. The van der Waals surface area contributed by atoms with Crippen LogP contribution in [0.5, 0.6) is 0 Å². The zero-order valence-electron chi connectivity index (χ0n) is 10.6. The fraction of sp³-hybridized carbons (Fsp3) is 0.385. The molecular formula is C13H14BrClFN3O. The molecule has 0 atom stereocenters. The van der Waals surface area contributed by atoms with Gasteiger partial charge in [0.1, 0.15) is 5.82 Å². The van der Waals surface area contributed by atoms with E-state index in [-0.39, 0.29) is 18.3 Å². The van der Waals surface area contributed by atoms with Crippen molar-refractivity contribution in [2.75, 3.05) is 0 Å². The van der Waals surface area contributed by atoms with E-state index in [1.54, 1.807) is 12.1 Å². The molecule has 3 rings (SSSR count). The lowest BCUT2D eigenvalue weighted by Crippen LogP contribution is -2.34. The monoisotopic (exact) mass is 361 g/mol. The molecule has 0 radical (unpaired) electrons. The molecule has 1 aromatic heterocycles. The van der Waals surface area contributed by atoms with E-state index in [1.807, 2.05) is 0 Å². The van der Waals surface area contributed by atoms with Crippen LogP contribution >= 0.6 is 28.3 Å². The van der Waals surface area contributed by atoms with Crippen LogP contribution in [0.15, 0.2) is 27.2 Å². The summed E-state index contributed by atoms with van der Waals surface area (Å²) in [6.45, 7) is 0. The molecule has 2 N–H and O–H groups in total. The van der Waals surface area contributed by atoms with E-state index < -0.39 is 11.4 Å². The number of rotatable bonds is 2. The molecule has 108 valence electrons. The molecule has 1 aromatic carbocycles. The summed E-state index contributed by atoms with van der Waals surface area (Å²) in [6.07, 6.45) is 3.81. The van der Waals surface area contributed by atoms with Gasteiger partial charge in [0.15, 0.2) is 5.82 Å². The zero-order valence-corrected chi connectivity index (χ0v) is 13.0. The number of aromatic nitrogens is 2. The maximum absolute atomic E-state index is 13.8. The van der Waals surface area contributed by atoms with E-state index in [1.165, 1.54) is 6.07 Å². The van der Waals surface area contributed by atoms with Gasteiger partial charge in [-0.3, -0.25) is 0 Å². The number of benzene rings is 1. The minimum absolute atomic E-state index is 0. The van der Waals surface area contributed by atoms with Crippen LogP contribution in [-0.4, -0.2) is 10.1 Å². The molecule has 1 saturated carbocycles. The molecule has 1 aliphatic rings. The number of nitrogens with zero attached hydrogens (tertiary/aromatic N) is 2. The number of halogens is 3. The third-order valence-electron chi connectivity index (χ3n) is 3.53. The highest BCUT2D eigenvalue weighted by Crippen LogP contribution is 2.35. The van der Waals surface area contributed by atoms with Gasteiger partial charge in [-0.1, -0.05) is 33.9 Å². The first-order valence-electron chi connectivity index (χ1n) is 6.17. The van der Waals surface area contributed by atoms with Gasteiger partial charge in [0.2, 0.25) is 0 Å². The lowest BCUT2D eigenvalue weighted by molar-refractivity contribution is 0.372. The Kier molecular flexibility index (Phi) is 4.46. The summed E-state index contributed by atoms with van der Waals surface area (Å²) in [5.74, 6) is 0.251. The van der Waals surface area contributed by atoms with Crippen molar-refractivity contribution in [1.82, 2.24) is 10.1 Å². The van der Waals surface area contributed by atoms with Crippen molar-refractivity contribution in [3.8, 4) is 11.5 Å². The average molecular weight is 363 g/mol. The largest absolute Gasteiger partial charge is 0.334 e. The molecule has 1 fully saturated rings. The fourth-order valence-electron chi connectivity index (χ4n) is 2.43. The topological polar surface area (TPSA) is 64.9 Å². The summed E-state index contributed by atoms with van der Waals surface area (Å²) in [5, 5.41) is 3.92. The highest BCUT2D eigenvalue weighted by Gasteiger charge is 2.36. The van der Waals surface area contributed by atoms with E-state index in [4.69, 9.17) is 10.3 Å². The van der Waals surface area contributed by atoms with Crippen molar-refractivity contribution >= 4 is 28.3 Å². The Hall–Kier alpha value is -0.980. The summed E-state index contributed by atoms with van der Waals surface area (Å²) >= 11 is 3.21. The minimum atomic E-state index is -0.520. The quantitative estimate of drug-likeness (QED) is 0.883. The first-order chi connectivity index (χ1) is 9.08. The summed E-state index contributed by atoms with van der Waals surface area (Å²) in [4.78, 5) is 4.27. The molecule has 0 unspecified atom stereocenters. The van der Waals surface area contributed by atoms with Crippen molar-refractivity contribution in [2.24, 2.45) is 5.73 Å². The Morgan fingerprint density at radius 3 is 2.65 bits per heavy atom. The molecule has 2 aromatic rings. The summed E-state index contributed by atoms with van der Waals surface area (Å²) in [6, 6.07) is 4.71. The molecular weight excluding hydrogens is 349 g/mol. The van der Waals surface area contributed by atoms with E-state index >= 15 is 0 Å². The zero-order chi connectivity index (χ0) is 13.5. The summed E-state index contributed by atoms with van der Waals surface area (Å²) in [5.41, 5.74) is 6.02. The highest BCUT2D eigenvalue weighted by molar-refractivity contribution is 9.10. The van der Waals surface area contributed by atoms with Gasteiger partial charge >= 0.3 is 0 Å². The molecule has 4 nitrogen and oxygen atoms in total. The molecule has 0 aliphatic heterocycles. The number of hydrogen-bond acceptors (Lipinski definition) is 4. The predicted molar refractivity (Wildman–Crippen MR) is 79.0 cm³/mol. The van der Waals surface area contributed by atoms with Crippen molar-refractivity contribution < 1.29 is 8.91 Å². The van der Waals surface area contributed by atoms with Crippen LogP contribution in [0.2, 0.25) is 0 Å². The molecule has 20 heavy (non-hydrogen) atoms.